The Kier molecular flexibility index (Phi) is 6.31. The van der Waals surface area contributed by atoms with E-state index in [2.05, 4.69) is 20.1 Å². The molecule has 1 aliphatic rings. The minimum Gasteiger partial charge on any atom is -0.371 e. The number of hydrogen-bond donors (Lipinski definition) is 2. The second-order valence-electron chi connectivity index (χ2n) is 6.75. The van der Waals surface area contributed by atoms with Crippen LogP contribution in [0.3, 0.4) is 0 Å². The molecule has 2 aromatic rings. The van der Waals surface area contributed by atoms with Crippen LogP contribution in [0.1, 0.15) is 25.3 Å². The highest BCUT2D eigenvalue weighted by Crippen LogP contribution is 2.27. The molecule has 0 atom stereocenters. The predicted octanol–water partition coefficient (Wildman–Crippen LogP) is 2.47. The Balaban J connectivity index is 1.80. The molecule has 0 saturated carbocycles. The van der Waals surface area contributed by atoms with Gasteiger partial charge in [0.05, 0.1) is 16.0 Å². The minimum atomic E-state index is -3.94. The molecule has 1 fully saturated rings. The van der Waals surface area contributed by atoms with E-state index in [1.54, 1.807) is 6.07 Å². The number of non-ortho nitro benzene ring substituents is 1. The van der Waals surface area contributed by atoms with Gasteiger partial charge in [0, 0.05) is 49.1 Å². The largest absolute Gasteiger partial charge is 0.371 e. The van der Waals surface area contributed by atoms with Gasteiger partial charge in [0.15, 0.2) is 0 Å². The van der Waals surface area contributed by atoms with Crippen molar-refractivity contribution in [3.8, 4) is 0 Å². The van der Waals surface area contributed by atoms with Crippen molar-refractivity contribution in [1.29, 1.82) is 0 Å². The number of amides is 1. The number of hydrogen-bond acceptors (Lipinski definition) is 7. The standard InChI is InChI=1S/C19H21N5O5S/c1-14(25)21-16-4-7-18(8-5-16)30(28,29)22-20-13-15-12-17(24(26)27)6-9-19(15)23-10-2-3-11-23/h4-9,12-13,22H,2-3,10-11H2,1H3,(H,21,25)/b20-13+. The third-order valence-electron chi connectivity index (χ3n) is 4.53. The molecule has 11 heteroatoms. The first-order valence-corrected chi connectivity index (χ1v) is 10.7. The van der Waals surface area contributed by atoms with Crippen LogP contribution in [0.15, 0.2) is 52.5 Å². The molecule has 1 amide bonds. The molecular weight excluding hydrogens is 410 g/mol. The van der Waals surface area contributed by atoms with Crippen LogP contribution in [-0.2, 0) is 14.8 Å². The fourth-order valence-electron chi connectivity index (χ4n) is 3.14. The molecule has 0 spiro atoms. The highest BCUT2D eigenvalue weighted by molar-refractivity contribution is 7.89. The minimum absolute atomic E-state index is 0.0347. The zero-order valence-corrected chi connectivity index (χ0v) is 17.1. The Hall–Kier alpha value is -3.47. The number of nitrogens with one attached hydrogen (secondary N) is 2. The summed E-state index contributed by atoms with van der Waals surface area (Å²) in [7, 11) is -3.94. The van der Waals surface area contributed by atoms with E-state index in [-0.39, 0.29) is 16.5 Å². The van der Waals surface area contributed by atoms with Crippen molar-refractivity contribution in [2.75, 3.05) is 23.3 Å². The van der Waals surface area contributed by atoms with Gasteiger partial charge in [-0.3, -0.25) is 14.9 Å². The molecule has 0 aromatic heterocycles. The SMILES string of the molecule is CC(=O)Nc1ccc(S(=O)(=O)N/N=C/c2cc([N+](=O)[O-])ccc2N2CCCC2)cc1. The van der Waals surface area contributed by atoms with Crippen molar-refractivity contribution >= 4 is 39.2 Å². The number of nitro benzene ring substituents is 1. The predicted molar refractivity (Wildman–Crippen MR) is 113 cm³/mol. The maximum atomic E-state index is 12.4. The summed E-state index contributed by atoms with van der Waals surface area (Å²) < 4.78 is 24.9. The molecule has 2 N–H and O–H groups in total. The van der Waals surface area contributed by atoms with Crippen LogP contribution in [-0.4, -0.2) is 38.6 Å². The van der Waals surface area contributed by atoms with E-state index < -0.39 is 14.9 Å². The summed E-state index contributed by atoms with van der Waals surface area (Å²) in [6.45, 7) is 3.00. The number of benzene rings is 2. The number of rotatable bonds is 7. The van der Waals surface area contributed by atoms with Crippen LogP contribution < -0.4 is 15.0 Å². The smallest absolute Gasteiger partial charge is 0.276 e. The molecule has 2 aromatic carbocycles. The number of nitro groups is 1. The second kappa shape index (κ2) is 8.91. The first-order chi connectivity index (χ1) is 14.3. The van der Waals surface area contributed by atoms with Crippen LogP contribution >= 0.6 is 0 Å². The lowest BCUT2D eigenvalue weighted by Gasteiger charge is -2.19. The van der Waals surface area contributed by atoms with Crippen molar-refractivity contribution in [3.05, 3.63) is 58.1 Å². The van der Waals surface area contributed by atoms with Gasteiger partial charge in [-0.25, -0.2) is 4.83 Å². The number of carbonyl (C=O) groups is 1. The van der Waals surface area contributed by atoms with E-state index in [0.29, 0.717) is 11.3 Å². The molecule has 0 radical (unpaired) electrons. The van der Waals surface area contributed by atoms with E-state index >= 15 is 0 Å². The summed E-state index contributed by atoms with van der Waals surface area (Å²) in [5.41, 5.74) is 1.59. The Bertz CT molecular complexity index is 1080. The molecule has 0 aliphatic carbocycles. The maximum absolute atomic E-state index is 12.4. The quantitative estimate of drug-likeness (QED) is 0.393. The van der Waals surface area contributed by atoms with Crippen LogP contribution in [0.4, 0.5) is 17.1 Å². The molecule has 0 unspecified atom stereocenters. The summed E-state index contributed by atoms with van der Waals surface area (Å²) in [4.78, 5) is 25.8. The molecule has 10 nitrogen and oxygen atoms in total. The normalized spacial score (nSPS) is 14.1. The summed E-state index contributed by atoms with van der Waals surface area (Å²) >= 11 is 0. The Morgan fingerprint density at radius 1 is 1.17 bits per heavy atom. The first-order valence-electron chi connectivity index (χ1n) is 9.22. The van der Waals surface area contributed by atoms with Gasteiger partial charge in [-0.05, 0) is 43.2 Å². The fourth-order valence-corrected chi connectivity index (χ4v) is 3.93. The lowest BCUT2D eigenvalue weighted by atomic mass is 10.1. The third kappa shape index (κ3) is 5.11. The summed E-state index contributed by atoms with van der Waals surface area (Å²) in [5, 5.41) is 17.5. The molecule has 1 saturated heterocycles. The van der Waals surface area contributed by atoms with E-state index in [1.165, 1.54) is 49.5 Å². The van der Waals surface area contributed by atoms with Crippen LogP contribution in [0.5, 0.6) is 0 Å². The maximum Gasteiger partial charge on any atom is 0.276 e. The van der Waals surface area contributed by atoms with Gasteiger partial charge < -0.3 is 10.2 Å². The van der Waals surface area contributed by atoms with E-state index in [0.717, 1.165) is 31.6 Å². The van der Waals surface area contributed by atoms with Gasteiger partial charge in [-0.1, -0.05) is 0 Å². The average molecular weight is 431 g/mol. The highest BCUT2D eigenvalue weighted by atomic mass is 32.2. The Morgan fingerprint density at radius 3 is 2.43 bits per heavy atom. The summed E-state index contributed by atoms with van der Waals surface area (Å²) in [6, 6.07) is 10.1. The Labute approximate surface area is 173 Å². The fraction of sp³-hybridized carbons (Fsp3) is 0.263. The van der Waals surface area contributed by atoms with Gasteiger partial charge in [-0.15, -0.1) is 0 Å². The van der Waals surface area contributed by atoms with Crippen molar-refractivity contribution in [1.82, 2.24) is 4.83 Å². The van der Waals surface area contributed by atoms with Gasteiger partial charge in [0.25, 0.3) is 15.7 Å². The van der Waals surface area contributed by atoms with Crippen molar-refractivity contribution < 1.29 is 18.1 Å². The van der Waals surface area contributed by atoms with Crippen molar-refractivity contribution in [2.45, 2.75) is 24.7 Å². The first kappa shape index (κ1) is 21.2. The van der Waals surface area contributed by atoms with Gasteiger partial charge in [0.2, 0.25) is 5.91 Å². The zero-order valence-electron chi connectivity index (χ0n) is 16.2. The molecule has 158 valence electrons. The van der Waals surface area contributed by atoms with Crippen molar-refractivity contribution in [3.63, 3.8) is 0 Å². The zero-order chi connectivity index (χ0) is 21.7. The number of anilines is 2. The molecule has 3 rings (SSSR count). The molecular formula is C19H21N5O5S. The monoisotopic (exact) mass is 431 g/mol. The second-order valence-corrected chi connectivity index (χ2v) is 8.41. The number of sulfonamides is 1. The van der Waals surface area contributed by atoms with E-state index in [9.17, 15) is 23.3 Å². The Morgan fingerprint density at radius 2 is 1.83 bits per heavy atom. The van der Waals surface area contributed by atoms with Gasteiger partial charge in [-0.2, -0.15) is 13.5 Å². The molecule has 1 aliphatic heterocycles. The summed E-state index contributed by atoms with van der Waals surface area (Å²) in [5.74, 6) is -0.265. The van der Waals surface area contributed by atoms with E-state index in [1.807, 2.05) is 0 Å². The van der Waals surface area contributed by atoms with Crippen LogP contribution in [0.25, 0.3) is 0 Å². The lowest BCUT2D eigenvalue weighted by Crippen LogP contribution is -2.20. The average Bonchev–Trinajstić information content (AvgIpc) is 3.22. The number of carbonyl (C=O) groups excluding carboxylic acids is 1. The van der Waals surface area contributed by atoms with Gasteiger partial charge in [0.1, 0.15) is 0 Å². The number of hydrazone groups is 1. The molecule has 30 heavy (non-hydrogen) atoms. The van der Waals surface area contributed by atoms with E-state index in [4.69, 9.17) is 0 Å². The number of nitrogens with zero attached hydrogens (tertiary/aromatic N) is 3. The molecule has 1 heterocycles. The summed E-state index contributed by atoms with van der Waals surface area (Å²) in [6.07, 6.45) is 3.31. The van der Waals surface area contributed by atoms with Crippen molar-refractivity contribution in [2.24, 2.45) is 5.10 Å². The topological polar surface area (TPSA) is 134 Å². The third-order valence-corrected chi connectivity index (χ3v) is 5.77. The highest BCUT2D eigenvalue weighted by Gasteiger charge is 2.18. The van der Waals surface area contributed by atoms with Crippen LogP contribution in [0.2, 0.25) is 0 Å². The van der Waals surface area contributed by atoms with Gasteiger partial charge >= 0.3 is 0 Å². The molecule has 0 bridgehead atoms. The lowest BCUT2D eigenvalue weighted by molar-refractivity contribution is -0.384. The van der Waals surface area contributed by atoms with Crippen LogP contribution in [0, 0.1) is 10.1 Å².